The molecule has 0 unspecified atom stereocenters. The molecular weight excluding hydrogens is 522 g/mol. The van der Waals surface area contributed by atoms with E-state index in [0.29, 0.717) is 35.0 Å². The molecule has 0 aliphatic rings. The van der Waals surface area contributed by atoms with Crippen molar-refractivity contribution in [3.05, 3.63) is 109 Å². The first kappa shape index (κ1) is 29.1. The van der Waals surface area contributed by atoms with Crippen LogP contribution in [0.5, 0.6) is 5.75 Å². The maximum atomic E-state index is 13.2. The fourth-order valence-corrected chi connectivity index (χ4v) is 4.23. The molecule has 0 aliphatic carbocycles. The first-order chi connectivity index (χ1) is 20.0. The van der Waals surface area contributed by atoms with Gasteiger partial charge in [-0.3, -0.25) is 10.1 Å². The molecule has 9 heteroatoms. The maximum Gasteiger partial charge on any atom is 0.412 e. The van der Waals surface area contributed by atoms with E-state index >= 15 is 0 Å². The van der Waals surface area contributed by atoms with E-state index in [2.05, 4.69) is 10.6 Å². The molecule has 2 atom stereocenters. The molecule has 9 nitrogen and oxygen atoms in total. The average molecular weight is 556 g/mol. The second kappa shape index (κ2) is 14.5. The lowest BCUT2D eigenvalue weighted by Gasteiger charge is -2.25. The fraction of sp³-hybridized carbons (Fsp3) is 0.188. The summed E-state index contributed by atoms with van der Waals surface area (Å²) in [5, 5.41) is 16.5. The largest absolute Gasteiger partial charge is 0.491 e. The third-order valence-corrected chi connectivity index (χ3v) is 6.14. The highest BCUT2D eigenvalue weighted by molar-refractivity contribution is 6.01. The summed E-state index contributed by atoms with van der Waals surface area (Å²) >= 11 is 0. The van der Waals surface area contributed by atoms with Gasteiger partial charge in [0.2, 0.25) is 5.91 Å². The molecule has 0 aromatic heterocycles. The van der Waals surface area contributed by atoms with Crippen LogP contribution in [0.25, 0.3) is 10.8 Å². The van der Waals surface area contributed by atoms with Gasteiger partial charge < -0.3 is 30.4 Å². The number of nitrogens with one attached hydrogen (secondary N) is 2. The molecule has 0 bridgehead atoms. The normalized spacial score (nSPS) is 12.5. The first-order valence-corrected chi connectivity index (χ1v) is 13.2. The summed E-state index contributed by atoms with van der Waals surface area (Å²) < 4.78 is 17.3. The number of ether oxygens (including phenoxy) is 3. The van der Waals surface area contributed by atoms with E-state index < -0.39 is 24.2 Å². The van der Waals surface area contributed by atoms with E-state index in [1.54, 1.807) is 60.7 Å². The predicted octanol–water partition coefficient (Wildman–Crippen LogP) is 5.68. The van der Waals surface area contributed by atoms with Gasteiger partial charge in [-0.1, -0.05) is 60.7 Å². The summed E-state index contributed by atoms with van der Waals surface area (Å²) in [5.41, 5.74) is 8.07. The average Bonchev–Trinajstić information content (AvgIpc) is 2.99. The zero-order valence-corrected chi connectivity index (χ0v) is 22.7. The zero-order valence-electron chi connectivity index (χ0n) is 22.7. The van der Waals surface area contributed by atoms with Gasteiger partial charge in [-0.2, -0.15) is 0 Å². The number of nitrogen functional groups attached to an aromatic ring is 1. The molecule has 0 aliphatic heterocycles. The lowest BCUT2D eigenvalue weighted by molar-refractivity contribution is -0.112. The number of anilines is 3. The molecule has 0 saturated heterocycles. The van der Waals surface area contributed by atoms with Crippen molar-refractivity contribution >= 4 is 39.8 Å². The van der Waals surface area contributed by atoms with Crippen LogP contribution < -0.4 is 21.1 Å². The molecular formula is C32H33N3O6. The lowest BCUT2D eigenvalue weighted by atomic mass is 10.0. The Morgan fingerprint density at radius 1 is 0.902 bits per heavy atom. The van der Waals surface area contributed by atoms with Gasteiger partial charge in [0.05, 0.1) is 23.7 Å². The van der Waals surface area contributed by atoms with Gasteiger partial charge in [0.15, 0.2) is 6.10 Å². The highest BCUT2D eigenvalue weighted by atomic mass is 16.6. The molecule has 4 aromatic carbocycles. The van der Waals surface area contributed by atoms with Crippen LogP contribution in [-0.4, -0.2) is 43.0 Å². The molecule has 0 saturated carbocycles. The van der Waals surface area contributed by atoms with E-state index in [0.717, 1.165) is 10.8 Å². The number of rotatable bonds is 12. The van der Waals surface area contributed by atoms with Crippen LogP contribution in [0, 0.1) is 0 Å². The van der Waals surface area contributed by atoms with Gasteiger partial charge >= 0.3 is 6.09 Å². The van der Waals surface area contributed by atoms with Crippen molar-refractivity contribution < 1.29 is 28.9 Å². The Morgan fingerprint density at radius 3 is 2.37 bits per heavy atom. The molecule has 212 valence electrons. The van der Waals surface area contributed by atoms with E-state index in [-0.39, 0.29) is 13.2 Å². The Kier molecular flexibility index (Phi) is 10.3. The second-order valence-corrected chi connectivity index (χ2v) is 8.97. The predicted molar refractivity (Wildman–Crippen MR) is 160 cm³/mol. The van der Waals surface area contributed by atoms with Crippen molar-refractivity contribution in [1.29, 1.82) is 0 Å². The van der Waals surface area contributed by atoms with Gasteiger partial charge in [0.25, 0.3) is 0 Å². The number of aliphatic hydroxyl groups excluding tert-OH is 1. The Bertz CT molecular complexity index is 1480. The van der Waals surface area contributed by atoms with E-state index in [1.807, 2.05) is 43.3 Å². The summed E-state index contributed by atoms with van der Waals surface area (Å²) in [6.45, 7) is 2.14. The number of nitrogens with two attached hydrogens (primary N) is 1. The number of hydrogen-bond donors (Lipinski definition) is 4. The van der Waals surface area contributed by atoms with Crippen LogP contribution in [0.15, 0.2) is 103 Å². The minimum atomic E-state index is -0.914. The highest BCUT2D eigenvalue weighted by Gasteiger charge is 2.27. The van der Waals surface area contributed by atoms with Gasteiger partial charge in [0.1, 0.15) is 18.5 Å². The second-order valence-electron chi connectivity index (χ2n) is 8.97. The van der Waals surface area contributed by atoms with Crippen molar-refractivity contribution in [3.63, 3.8) is 0 Å². The van der Waals surface area contributed by atoms with Gasteiger partial charge in [0, 0.05) is 18.1 Å². The number of amides is 2. The topological polar surface area (TPSA) is 132 Å². The number of carbonyl (C=O) groups is 2. The quantitative estimate of drug-likeness (QED) is 0.131. The standard InChI is InChI=1S/C32H33N3O6/c1-2-39-29(18-19-30(37)34-28-12-6-5-11-26(28)33)31(23-14-16-24(17-15-23)40-21-20-36)41-32(38)35-27-13-7-9-22-8-3-4-10-25(22)27/h3-19,29,31,36H,2,20-21,33H2,1H3,(H,34,37)(H,35,38)/b19-18+/t29-,31-/m0/s1. The van der Waals surface area contributed by atoms with Crippen LogP contribution >= 0.6 is 0 Å². The maximum absolute atomic E-state index is 13.2. The highest BCUT2D eigenvalue weighted by Crippen LogP contribution is 2.29. The molecule has 0 fully saturated rings. The van der Waals surface area contributed by atoms with Crippen molar-refractivity contribution in [1.82, 2.24) is 0 Å². The number of fused-ring (bicyclic) bond motifs is 1. The number of para-hydroxylation sites is 2. The summed E-state index contributed by atoms with van der Waals surface area (Å²) in [6.07, 6.45) is 0.463. The number of aliphatic hydroxyl groups is 1. The van der Waals surface area contributed by atoms with Crippen LogP contribution in [-0.2, 0) is 14.3 Å². The Labute approximate surface area is 238 Å². The van der Waals surface area contributed by atoms with Crippen LogP contribution in [0.2, 0.25) is 0 Å². The Balaban J connectivity index is 1.58. The van der Waals surface area contributed by atoms with Gasteiger partial charge in [-0.05, 0) is 54.3 Å². The fourth-order valence-electron chi connectivity index (χ4n) is 4.23. The van der Waals surface area contributed by atoms with Gasteiger partial charge in [-0.25, -0.2) is 4.79 Å². The molecule has 0 heterocycles. The SMILES string of the molecule is CCO[C@@H](/C=C/C(=O)Nc1ccccc1N)[C@@H](OC(=O)Nc1cccc2ccccc12)c1ccc(OCCO)cc1. The Hall–Kier alpha value is -4.86. The van der Waals surface area contributed by atoms with Crippen molar-refractivity contribution in [2.75, 3.05) is 36.2 Å². The van der Waals surface area contributed by atoms with Gasteiger partial charge in [-0.15, -0.1) is 0 Å². The zero-order chi connectivity index (χ0) is 29.0. The number of benzene rings is 4. The smallest absolute Gasteiger partial charge is 0.412 e. The first-order valence-electron chi connectivity index (χ1n) is 13.2. The lowest BCUT2D eigenvalue weighted by Crippen LogP contribution is -2.28. The van der Waals surface area contributed by atoms with Crippen molar-refractivity contribution in [2.45, 2.75) is 19.1 Å². The summed E-state index contributed by atoms with van der Waals surface area (Å²) in [5.74, 6) is 0.129. The van der Waals surface area contributed by atoms with Crippen LogP contribution in [0.4, 0.5) is 21.9 Å². The molecule has 4 aromatic rings. The van der Waals surface area contributed by atoms with Crippen LogP contribution in [0.3, 0.4) is 0 Å². The molecule has 4 rings (SSSR count). The molecule has 0 radical (unpaired) electrons. The van der Waals surface area contributed by atoms with E-state index in [1.165, 1.54) is 6.08 Å². The monoisotopic (exact) mass is 555 g/mol. The molecule has 2 amide bonds. The third-order valence-electron chi connectivity index (χ3n) is 6.14. The summed E-state index contributed by atoms with van der Waals surface area (Å²) in [4.78, 5) is 25.9. The number of hydrogen-bond acceptors (Lipinski definition) is 7. The van der Waals surface area contributed by atoms with Crippen molar-refractivity contribution in [3.8, 4) is 5.75 Å². The molecule has 0 spiro atoms. The minimum Gasteiger partial charge on any atom is -0.491 e. The summed E-state index contributed by atoms with van der Waals surface area (Å²) in [7, 11) is 0. The van der Waals surface area contributed by atoms with E-state index in [4.69, 9.17) is 25.1 Å². The minimum absolute atomic E-state index is 0.115. The molecule has 5 N–H and O–H groups in total. The Morgan fingerprint density at radius 2 is 1.61 bits per heavy atom. The van der Waals surface area contributed by atoms with Crippen molar-refractivity contribution in [2.24, 2.45) is 0 Å². The summed E-state index contributed by atoms with van der Waals surface area (Å²) in [6, 6.07) is 27.1. The number of carbonyl (C=O) groups excluding carboxylic acids is 2. The van der Waals surface area contributed by atoms with Crippen LogP contribution in [0.1, 0.15) is 18.6 Å². The molecule has 41 heavy (non-hydrogen) atoms. The van der Waals surface area contributed by atoms with E-state index in [9.17, 15) is 9.59 Å². The third kappa shape index (κ3) is 8.07.